The third-order valence-corrected chi connectivity index (χ3v) is 2.83. The molecule has 2 rings (SSSR count). The second-order valence-electron chi connectivity index (χ2n) is 3.82. The summed E-state index contributed by atoms with van der Waals surface area (Å²) in [4.78, 5) is 11.0. The fourth-order valence-electron chi connectivity index (χ4n) is 1.91. The van der Waals surface area contributed by atoms with E-state index in [1.807, 2.05) is 18.2 Å². The molecule has 1 aromatic carbocycles. The van der Waals surface area contributed by atoms with Crippen molar-refractivity contribution in [3.05, 3.63) is 29.8 Å². The van der Waals surface area contributed by atoms with Crippen LogP contribution < -0.4 is 10.1 Å². The Morgan fingerprint density at radius 3 is 3.00 bits per heavy atom. The zero-order valence-electron chi connectivity index (χ0n) is 8.82. The summed E-state index contributed by atoms with van der Waals surface area (Å²) in [5.74, 6) is 1.47. The Balaban J connectivity index is 2.11. The number of benzene rings is 1. The fourth-order valence-corrected chi connectivity index (χ4v) is 1.91. The van der Waals surface area contributed by atoms with Crippen LogP contribution in [0.2, 0.25) is 0 Å². The lowest BCUT2D eigenvalue weighted by Crippen LogP contribution is -2.33. The van der Waals surface area contributed by atoms with Crippen molar-refractivity contribution in [2.75, 3.05) is 13.7 Å². The van der Waals surface area contributed by atoms with Crippen molar-refractivity contribution in [3.8, 4) is 5.75 Å². The molecule has 0 spiro atoms. The van der Waals surface area contributed by atoms with E-state index >= 15 is 0 Å². The summed E-state index contributed by atoms with van der Waals surface area (Å²) in [5.41, 5.74) is 1.24. The highest BCUT2D eigenvalue weighted by Crippen LogP contribution is 2.26. The number of piperidine rings is 1. The minimum Gasteiger partial charge on any atom is -0.497 e. The second-order valence-corrected chi connectivity index (χ2v) is 3.82. The molecular formula is C12H15NO2. The van der Waals surface area contributed by atoms with Crippen LogP contribution in [0.3, 0.4) is 0 Å². The highest BCUT2D eigenvalue weighted by molar-refractivity contribution is 5.76. The van der Waals surface area contributed by atoms with Crippen molar-refractivity contribution in [3.63, 3.8) is 0 Å². The van der Waals surface area contributed by atoms with Crippen molar-refractivity contribution in [1.82, 2.24) is 5.32 Å². The lowest BCUT2D eigenvalue weighted by atomic mass is 9.91. The molecule has 1 amide bonds. The molecule has 0 radical (unpaired) electrons. The van der Waals surface area contributed by atoms with Gasteiger partial charge in [0, 0.05) is 18.9 Å². The fraction of sp³-hybridized carbons (Fsp3) is 0.417. The van der Waals surface area contributed by atoms with E-state index in [-0.39, 0.29) is 5.91 Å². The van der Waals surface area contributed by atoms with Crippen LogP contribution in [0.15, 0.2) is 24.3 Å². The van der Waals surface area contributed by atoms with Crippen LogP contribution in [0.4, 0.5) is 0 Å². The molecule has 1 aromatic rings. The number of amides is 1. The van der Waals surface area contributed by atoms with E-state index < -0.39 is 0 Å². The van der Waals surface area contributed by atoms with E-state index in [4.69, 9.17) is 4.74 Å². The maximum atomic E-state index is 11.0. The van der Waals surface area contributed by atoms with Crippen molar-refractivity contribution in [2.45, 2.75) is 18.8 Å². The summed E-state index contributed by atoms with van der Waals surface area (Å²) in [5, 5.41) is 2.89. The number of hydrogen-bond donors (Lipinski definition) is 1. The summed E-state index contributed by atoms with van der Waals surface area (Å²) in [6.07, 6.45) is 1.56. The van der Waals surface area contributed by atoms with E-state index in [1.54, 1.807) is 7.11 Å². The molecule has 3 heteroatoms. The Morgan fingerprint density at radius 2 is 2.33 bits per heavy atom. The minimum atomic E-state index is 0.161. The van der Waals surface area contributed by atoms with Gasteiger partial charge in [-0.05, 0) is 24.1 Å². The first-order valence-corrected chi connectivity index (χ1v) is 5.20. The van der Waals surface area contributed by atoms with Crippen LogP contribution in [0.5, 0.6) is 5.75 Å². The van der Waals surface area contributed by atoms with E-state index in [0.717, 1.165) is 18.7 Å². The molecular weight excluding hydrogens is 190 g/mol. The molecule has 1 aliphatic heterocycles. The first kappa shape index (κ1) is 10.0. The smallest absolute Gasteiger partial charge is 0.220 e. The van der Waals surface area contributed by atoms with Crippen molar-refractivity contribution < 1.29 is 9.53 Å². The maximum Gasteiger partial charge on any atom is 0.220 e. The van der Waals surface area contributed by atoms with Crippen LogP contribution in [0.25, 0.3) is 0 Å². The molecule has 1 N–H and O–H groups in total. The van der Waals surface area contributed by atoms with E-state index in [2.05, 4.69) is 11.4 Å². The summed E-state index contributed by atoms with van der Waals surface area (Å²) in [6, 6.07) is 8.06. The van der Waals surface area contributed by atoms with E-state index in [1.165, 1.54) is 5.56 Å². The topological polar surface area (TPSA) is 38.3 Å². The first-order chi connectivity index (χ1) is 7.29. The molecule has 1 fully saturated rings. The van der Waals surface area contributed by atoms with Crippen LogP contribution in [-0.4, -0.2) is 19.6 Å². The Kier molecular flexibility index (Phi) is 2.90. The molecule has 0 aliphatic carbocycles. The van der Waals surface area contributed by atoms with Gasteiger partial charge < -0.3 is 10.1 Å². The lowest BCUT2D eigenvalue weighted by Gasteiger charge is -2.22. The molecule has 1 aliphatic rings. The highest BCUT2D eigenvalue weighted by atomic mass is 16.5. The average molecular weight is 205 g/mol. The van der Waals surface area contributed by atoms with Gasteiger partial charge >= 0.3 is 0 Å². The number of ether oxygens (including phenoxy) is 1. The molecule has 1 saturated heterocycles. The quantitative estimate of drug-likeness (QED) is 0.797. The number of rotatable bonds is 2. The largest absolute Gasteiger partial charge is 0.497 e. The van der Waals surface area contributed by atoms with Crippen molar-refractivity contribution in [2.24, 2.45) is 0 Å². The monoisotopic (exact) mass is 205 g/mol. The van der Waals surface area contributed by atoms with Crippen LogP contribution >= 0.6 is 0 Å². The number of nitrogens with one attached hydrogen (secondary N) is 1. The zero-order valence-corrected chi connectivity index (χ0v) is 8.82. The molecule has 80 valence electrons. The normalized spacial score (nSPS) is 20.9. The standard InChI is InChI=1S/C12H15NO2/c1-15-11-4-2-3-9(7-11)10-5-6-12(14)13-8-10/h2-4,7,10H,5-6,8H2,1H3,(H,13,14). The molecule has 15 heavy (non-hydrogen) atoms. The number of carbonyl (C=O) groups is 1. The van der Waals surface area contributed by atoms with Gasteiger partial charge in [0.15, 0.2) is 0 Å². The number of methoxy groups -OCH3 is 1. The van der Waals surface area contributed by atoms with Gasteiger partial charge in [-0.15, -0.1) is 0 Å². The highest BCUT2D eigenvalue weighted by Gasteiger charge is 2.19. The Labute approximate surface area is 89.4 Å². The lowest BCUT2D eigenvalue weighted by molar-refractivity contribution is -0.122. The van der Waals surface area contributed by atoms with Gasteiger partial charge in [0.25, 0.3) is 0 Å². The summed E-state index contributed by atoms with van der Waals surface area (Å²) in [6.45, 7) is 0.742. The maximum absolute atomic E-state index is 11.0. The van der Waals surface area contributed by atoms with Gasteiger partial charge in [-0.3, -0.25) is 4.79 Å². The van der Waals surface area contributed by atoms with E-state index in [9.17, 15) is 4.79 Å². The molecule has 0 aromatic heterocycles. The molecule has 3 nitrogen and oxygen atoms in total. The minimum absolute atomic E-state index is 0.161. The molecule has 1 heterocycles. The van der Waals surface area contributed by atoms with Gasteiger partial charge in [-0.1, -0.05) is 12.1 Å². The van der Waals surface area contributed by atoms with Gasteiger partial charge in [0.05, 0.1) is 7.11 Å². The molecule has 1 atom stereocenters. The average Bonchev–Trinajstić information content (AvgIpc) is 2.30. The third-order valence-electron chi connectivity index (χ3n) is 2.83. The predicted octanol–water partition coefficient (Wildman–Crippen LogP) is 1.69. The zero-order chi connectivity index (χ0) is 10.7. The summed E-state index contributed by atoms with van der Waals surface area (Å²) >= 11 is 0. The SMILES string of the molecule is COc1cccc(C2CCC(=O)NC2)c1. The Morgan fingerprint density at radius 1 is 1.47 bits per heavy atom. The molecule has 0 saturated carbocycles. The first-order valence-electron chi connectivity index (χ1n) is 5.20. The molecule has 0 bridgehead atoms. The predicted molar refractivity (Wildman–Crippen MR) is 58.0 cm³/mol. The Hall–Kier alpha value is -1.51. The summed E-state index contributed by atoms with van der Waals surface area (Å²) in [7, 11) is 1.67. The van der Waals surface area contributed by atoms with Gasteiger partial charge in [-0.2, -0.15) is 0 Å². The van der Waals surface area contributed by atoms with Gasteiger partial charge in [-0.25, -0.2) is 0 Å². The van der Waals surface area contributed by atoms with Crippen molar-refractivity contribution >= 4 is 5.91 Å². The van der Waals surface area contributed by atoms with Crippen molar-refractivity contribution in [1.29, 1.82) is 0 Å². The van der Waals surface area contributed by atoms with Gasteiger partial charge in [0.2, 0.25) is 5.91 Å². The van der Waals surface area contributed by atoms with Crippen LogP contribution in [0.1, 0.15) is 24.3 Å². The van der Waals surface area contributed by atoms with Crippen LogP contribution in [-0.2, 0) is 4.79 Å². The molecule has 1 unspecified atom stereocenters. The second kappa shape index (κ2) is 4.34. The number of carbonyl (C=O) groups excluding carboxylic acids is 1. The van der Waals surface area contributed by atoms with Crippen LogP contribution in [0, 0.1) is 0 Å². The Bertz CT molecular complexity index is 352. The number of hydrogen-bond acceptors (Lipinski definition) is 2. The van der Waals surface area contributed by atoms with Gasteiger partial charge in [0.1, 0.15) is 5.75 Å². The van der Waals surface area contributed by atoms with E-state index in [0.29, 0.717) is 12.3 Å². The third kappa shape index (κ3) is 2.29. The summed E-state index contributed by atoms with van der Waals surface area (Å²) < 4.78 is 5.18.